The fourth-order valence-electron chi connectivity index (χ4n) is 2.78. The topological polar surface area (TPSA) is 118 Å². The Morgan fingerprint density at radius 2 is 1.62 bits per heavy atom. The summed E-state index contributed by atoms with van der Waals surface area (Å²) in [7, 11) is 1.26. The van der Waals surface area contributed by atoms with Crippen LogP contribution in [0, 0.1) is 5.92 Å². The third kappa shape index (κ3) is 5.88. The van der Waals surface area contributed by atoms with Gasteiger partial charge in [0.1, 0.15) is 6.04 Å². The van der Waals surface area contributed by atoms with Crippen LogP contribution in [0.4, 0.5) is 11.4 Å². The van der Waals surface area contributed by atoms with E-state index in [4.69, 9.17) is 21.5 Å². The van der Waals surface area contributed by atoms with Crippen molar-refractivity contribution < 1.29 is 18.8 Å². The van der Waals surface area contributed by atoms with Gasteiger partial charge in [-0.3, -0.25) is 4.79 Å². The molecule has 1 atom stereocenters. The van der Waals surface area contributed by atoms with E-state index in [9.17, 15) is 9.59 Å². The number of esters is 1. The van der Waals surface area contributed by atoms with Crippen LogP contribution in [0.2, 0.25) is 0 Å². The summed E-state index contributed by atoms with van der Waals surface area (Å²) < 4.78 is 9.78. The molecule has 9 nitrogen and oxygen atoms in total. The third-order valence-electron chi connectivity index (χ3n) is 4.46. The molecule has 0 aliphatic heterocycles. The Labute approximate surface area is 190 Å². The van der Waals surface area contributed by atoms with Crippen molar-refractivity contribution in [3.8, 4) is 11.4 Å². The van der Waals surface area contributed by atoms with Crippen molar-refractivity contribution in [2.24, 2.45) is 5.92 Å². The number of amides is 1. The average molecular weight is 454 g/mol. The van der Waals surface area contributed by atoms with Crippen LogP contribution in [0.3, 0.4) is 0 Å². The number of thiocarbonyl (C=S) groups is 1. The van der Waals surface area contributed by atoms with Crippen LogP contribution in [0.15, 0.2) is 59.1 Å². The van der Waals surface area contributed by atoms with Crippen LogP contribution in [-0.4, -0.2) is 40.3 Å². The lowest BCUT2D eigenvalue weighted by Gasteiger charge is -2.18. The largest absolute Gasteiger partial charge is 0.467 e. The smallest absolute Gasteiger partial charge is 0.328 e. The van der Waals surface area contributed by atoms with Crippen molar-refractivity contribution >= 4 is 40.6 Å². The SMILES string of the molecule is COC(=O)[C@@H](NC(=O)c1nc(-c2ccc(NC(=S)Nc3ccccc3)cc2)no1)C(C)C. The normalized spacial score (nSPS) is 11.5. The molecule has 0 unspecified atom stereocenters. The first kappa shape index (κ1) is 22.9. The summed E-state index contributed by atoms with van der Waals surface area (Å²) >= 11 is 5.32. The Kier molecular flexibility index (Phi) is 7.50. The predicted octanol–water partition coefficient (Wildman–Crippen LogP) is 3.47. The third-order valence-corrected chi connectivity index (χ3v) is 4.67. The van der Waals surface area contributed by atoms with Gasteiger partial charge in [-0.25, -0.2) is 4.79 Å². The van der Waals surface area contributed by atoms with Crippen LogP contribution < -0.4 is 16.0 Å². The van der Waals surface area contributed by atoms with E-state index in [1.54, 1.807) is 38.1 Å². The average Bonchev–Trinajstić information content (AvgIpc) is 3.28. The number of methoxy groups -OCH3 is 1. The zero-order chi connectivity index (χ0) is 23.1. The van der Waals surface area contributed by atoms with Crippen LogP contribution in [0.1, 0.15) is 24.5 Å². The standard InChI is InChI=1S/C22H23N5O4S/c1-13(2)17(21(29)30-3)25-19(28)20-26-18(27-31-20)14-9-11-16(12-10-14)24-22(32)23-15-7-5-4-6-8-15/h4-13,17H,1-3H3,(H,25,28)(H2,23,24,32)/t17-/m0/s1. The first-order valence-corrected chi connectivity index (χ1v) is 10.2. The van der Waals surface area contributed by atoms with Gasteiger partial charge in [-0.15, -0.1) is 0 Å². The van der Waals surface area contributed by atoms with Crippen LogP contribution >= 0.6 is 12.2 Å². The number of nitrogens with zero attached hydrogens (tertiary/aromatic N) is 2. The van der Waals surface area contributed by atoms with E-state index in [0.29, 0.717) is 10.7 Å². The Hall–Kier alpha value is -3.79. The molecule has 32 heavy (non-hydrogen) atoms. The lowest BCUT2D eigenvalue weighted by Crippen LogP contribution is -2.45. The summed E-state index contributed by atoms with van der Waals surface area (Å²) in [5.41, 5.74) is 2.29. The summed E-state index contributed by atoms with van der Waals surface area (Å²) in [5.74, 6) is -1.37. The van der Waals surface area contributed by atoms with Gasteiger partial charge in [0.25, 0.3) is 0 Å². The molecule has 2 aromatic carbocycles. The Morgan fingerprint density at radius 1 is 1.00 bits per heavy atom. The molecule has 1 aromatic heterocycles. The van der Waals surface area contributed by atoms with Gasteiger partial charge in [-0.2, -0.15) is 4.98 Å². The number of carbonyl (C=O) groups excluding carboxylic acids is 2. The summed E-state index contributed by atoms with van der Waals surface area (Å²) in [5, 5.41) is 13.0. The molecule has 3 aromatic rings. The molecule has 10 heteroatoms. The molecule has 0 saturated carbocycles. The Bertz CT molecular complexity index is 1080. The molecule has 0 bridgehead atoms. The summed E-state index contributed by atoms with van der Waals surface area (Å²) in [6.45, 7) is 3.58. The van der Waals surface area contributed by atoms with E-state index in [2.05, 4.69) is 26.1 Å². The van der Waals surface area contributed by atoms with Gasteiger partial charge in [0.05, 0.1) is 7.11 Å². The van der Waals surface area contributed by atoms with Gasteiger partial charge in [-0.05, 0) is 54.5 Å². The molecular formula is C22H23N5O4S. The van der Waals surface area contributed by atoms with Gasteiger partial charge in [0, 0.05) is 16.9 Å². The van der Waals surface area contributed by atoms with Crippen molar-refractivity contribution in [3.05, 3.63) is 60.5 Å². The summed E-state index contributed by atoms with van der Waals surface area (Å²) in [4.78, 5) is 28.4. The van der Waals surface area contributed by atoms with Crippen LogP contribution in [0.5, 0.6) is 0 Å². The number of hydrogen-bond donors (Lipinski definition) is 3. The van der Waals surface area contributed by atoms with Crippen LogP contribution in [-0.2, 0) is 9.53 Å². The molecule has 0 aliphatic rings. The van der Waals surface area contributed by atoms with Crippen molar-refractivity contribution in [1.82, 2.24) is 15.5 Å². The summed E-state index contributed by atoms with van der Waals surface area (Å²) in [6.07, 6.45) is 0. The second kappa shape index (κ2) is 10.5. The van der Waals surface area contributed by atoms with Crippen molar-refractivity contribution in [1.29, 1.82) is 0 Å². The molecule has 0 spiro atoms. The maximum absolute atomic E-state index is 12.4. The number of nitrogens with one attached hydrogen (secondary N) is 3. The number of para-hydroxylation sites is 1. The maximum Gasteiger partial charge on any atom is 0.328 e. The summed E-state index contributed by atoms with van der Waals surface area (Å²) in [6, 6.07) is 15.9. The van der Waals surface area contributed by atoms with E-state index in [1.165, 1.54) is 7.11 Å². The molecule has 1 amide bonds. The number of aromatic nitrogens is 2. The minimum absolute atomic E-state index is 0.170. The highest BCUT2D eigenvalue weighted by atomic mass is 32.1. The maximum atomic E-state index is 12.4. The van der Waals surface area contributed by atoms with Crippen molar-refractivity contribution in [2.75, 3.05) is 17.7 Å². The fraction of sp³-hybridized carbons (Fsp3) is 0.227. The lowest BCUT2D eigenvalue weighted by atomic mass is 10.0. The number of carbonyl (C=O) groups is 2. The molecule has 1 heterocycles. The monoisotopic (exact) mass is 453 g/mol. The first-order valence-electron chi connectivity index (χ1n) is 9.83. The van der Waals surface area contributed by atoms with Crippen molar-refractivity contribution in [3.63, 3.8) is 0 Å². The molecule has 0 fully saturated rings. The number of ether oxygens (including phenoxy) is 1. The number of rotatable bonds is 7. The molecule has 166 valence electrons. The number of anilines is 2. The Balaban J connectivity index is 1.62. The molecular weight excluding hydrogens is 430 g/mol. The highest BCUT2D eigenvalue weighted by molar-refractivity contribution is 7.80. The van der Waals surface area contributed by atoms with Crippen molar-refractivity contribution in [2.45, 2.75) is 19.9 Å². The van der Waals surface area contributed by atoms with Gasteiger partial charge in [0.15, 0.2) is 5.11 Å². The molecule has 0 saturated heterocycles. The van der Waals surface area contributed by atoms with Gasteiger partial charge in [-0.1, -0.05) is 37.2 Å². The predicted molar refractivity (Wildman–Crippen MR) is 124 cm³/mol. The second-order valence-corrected chi connectivity index (χ2v) is 7.57. The van der Waals surface area contributed by atoms with E-state index in [0.717, 1.165) is 11.4 Å². The second-order valence-electron chi connectivity index (χ2n) is 7.16. The minimum Gasteiger partial charge on any atom is -0.467 e. The molecule has 3 rings (SSSR count). The van der Waals surface area contributed by atoms with Crippen LogP contribution in [0.25, 0.3) is 11.4 Å². The number of hydrogen-bond acceptors (Lipinski definition) is 7. The molecule has 0 aliphatic carbocycles. The number of benzene rings is 2. The zero-order valence-corrected chi connectivity index (χ0v) is 18.6. The zero-order valence-electron chi connectivity index (χ0n) is 17.8. The van der Waals surface area contributed by atoms with Gasteiger partial charge >= 0.3 is 17.8 Å². The molecule has 0 radical (unpaired) electrons. The van der Waals surface area contributed by atoms with Gasteiger partial charge < -0.3 is 25.2 Å². The van der Waals surface area contributed by atoms with E-state index in [1.807, 2.05) is 30.3 Å². The quantitative estimate of drug-likeness (QED) is 0.365. The fourth-order valence-corrected chi connectivity index (χ4v) is 3.01. The van der Waals surface area contributed by atoms with E-state index < -0.39 is 17.9 Å². The van der Waals surface area contributed by atoms with E-state index >= 15 is 0 Å². The first-order chi connectivity index (χ1) is 15.4. The highest BCUT2D eigenvalue weighted by Crippen LogP contribution is 2.19. The molecule has 3 N–H and O–H groups in total. The van der Waals surface area contributed by atoms with Gasteiger partial charge in [0.2, 0.25) is 5.82 Å². The minimum atomic E-state index is -0.818. The Morgan fingerprint density at radius 3 is 2.22 bits per heavy atom. The van der Waals surface area contributed by atoms with E-state index in [-0.39, 0.29) is 17.6 Å². The lowest BCUT2D eigenvalue weighted by molar-refractivity contribution is -0.144. The highest BCUT2D eigenvalue weighted by Gasteiger charge is 2.27.